The Bertz CT molecular complexity index is 822. The van der Waals surface area contributed by atoms with Gasteiger partial charge in [-0.2, -0.15) is 0 Å². The summed E-state index contributed by atoms with van der Waals surface area (Å²) in [5.74, 6) is -1.09. The topological polar surface area (TPSA) is 90.0 Å². The quantitative estimate of drug-likeness (QED) is 0.772. The zero-order chi connectivity index (χ0) is 20.5. The predicted octanol–water partition coefficient (Wildman–Crippen LogP) is 0.707. The highest BCUT2D eigenvalue weighted by Crippen LogP contribution is 2.38. The number of rotatable bonds is 4. The molecule has 3 rings (SSSR count). The molecule has 1 aromatic carbocycles. The van der Waals surface area contributed by atoms with E-state index >= 15 is 0 Å². The van der Waals surface area contributed by atoms with Crippen LogP contribution in [0.15, 0.2) is 24.3 Å². The molecule has 0 bridgehead atoms. The molecule has 1 aromatic rings. The van der Waals surface area contributed by atoms with Gasteiger partial charge in [0, 0.05) is 21.1 Å². The molecule has 5 amide bonds. The molecule has 0 radical (unpaired) electrons. The van der Waals surface area contributed by atoms with Crippen molar-refractivity contribution in [2.45, 2.75) is 31.2 Å². The fourth-order valence-electron chi connectivity index (χ4n) is 3.81. The van der Waals surface area contributed by atoms with Crippen molar-refractivity contribution in [2.75, 3.05) is 34.2 Å². The number of hydrogen-bond donors (Lipinski definition) is 1. The maximum atomic E-state index is 13.3. The van der Waals surface area contributed by atoms with Crippen LogP contribution in [0.4, 0.5) is 4.79 Å². The summed E-state index contributed by atoms with van der Waals surface area (Å²) in [6, 6.07) is 7.08. The second-order valence-electron chi connectivity index (χ2n) is 7.63. The number of aryl methyl sites for hydroxylation is 1. The van der Waals surface area contributed by atoms with Crippen LogP contribution in [-0.2, 0) is 26.3 Å². The highest BCUT2D eigenvalue weighted by atomic mass is 16.2. The minimum atomic E-state index is -1.11. The Labute approximate surface area is 164 Å². The lowest BCUT2D eigenvalue weighted by Crippen LogP contribution is -2.46. The molecule has 2 aliphatic rings. The van der Waals surface area contributed by atoms with Crippen LogP contribution in [0, 0.1) is 0 Å². The summed E-state index contributed by atoms with van der Waals surface area (Å²) in [6.45, 7) is -0.491. The van der Waals surface area contributed by atoms with Crippen LogP contribution in [0.5, 0.6) is 0 Å². The largest absolute Gasteiger partial charge is 0.347 e. The van der Waals surface area contributed by atoms with E-state index in [1.54, 1.807) is 14.1 Å². The van der Waals surface area contributed by atoms with Crippen molar-refractivity contribution in [3.8, 4) is 0 Å². The van der Waals surface area contributed by atoms with Crippen LogP contribution >= 0.6 is 0 Å². The summed E-state index contributed by atoms with van der Waals surface area (Å²) in [6.07, 6.45) is 3.11. The van der Waals surface area contributed by atoms with Gasteiger partial charge >= 0.3 is 6.03 Å². The number of likely N-dealkylation sites (N-methyl/N-ethyl adjacent to an activating group) is 2. The van der Waals surface area contributed by atoms with E-state index < -0.39 is 23.4 Å². The van der Waals surface area contributed by atoms with Gasteiger partial charge in [-0.1, -0.05) is 24.3 Å². The molecule has 1 fully saturated rings. The summed E-state index contributed by atoms with van der Waals surface area (Å²) >= 11 is 0. The SMILES string of the molecule is CN(C)C(=O)CN(C)C(=O)CN1C(=O)N[C@]2(CCCCc3ccccc32)C1=O. The summed E-state index contributed by atoms with van der Waals surface area (Å²) in [7, 11) is 4.69. The Morgan fingerprint density at radius 1 is 1.11 bits per heavy atom. The van der Waals surface area contributed by atoms with E-state index in [4.69, 9.17) is 0 Å². The first-order valence-corrected chi connectivity index (χ1v) is 9.43. The van der Waals surface area contributed by atoms with Crippen LogP contribution in [0.3, 0.4) is 0 Å². The smallest absolute Gasteiger partial charge is 0.325 e. The van der Waals surface area contributed by atoms with E-state index in [1.807, 2.05) is 24.3 Å². The van der Waals surface area contributed by atoms with Crippen molar-refractivity contribution >= 4 is 23.8 Å². The number of carbonyl (C=O) groups is 4. The van der Waals surface area contributed by atoms with Gasteiger partial charge < -0.3 is 15.1 Å². The van der Waals surface area contributed by atoms with Gasteiger partial charge in [-0.25, -0.2) is 4.79 Å². The Hall–Kier alpha value is -2.90. The van der Waals surface area contributed by atoms with Crippen molar-refractivity contribution in [1.82, 2.24) is 20.0 Å². The van der Waals surface area contributed by atoms with Crippen molar-refractivity contribution in [1.29, 1.82) is 0 Å². The van der Waals surface area contributed by atoms with Crippen LogP contribution in [0.1, 0.15) is 30.4 Å². The Balaban J connectivity index is 1.81. The van der Waals surface area contributed by atoms with Crippen LogP contribution in [0.25, 0.3) is 0 Å². The molecule has 28 heavy (non-hydrogen) atoms. The molecule has 8 heteroatoms. The predicted molar refractivity (Wildman–Crippen MR) is 102 cm³/mol. The van der Waals surface area contributed by atoms with Gasteiger partial charge in [-0.3, -0.25) is 19.3 Å². The van der Waals surface area contributed by atoms with Gasteiger partial charge in [0.25, 0.3) is 5.91 Å². The normalized spacial score (nSPS) is 21.2. The van der Waals surface area contributed by atoms with Crippen molar-refractivity contribution in [3.05, 3.63) is 35.4 Å². The molecule has 1 aliphatic carbocycles. The Morgan fingerprint density at radius 3 is 2.54 bits per heavy atom. The summed E-state index contributed by atoms with van der Waals surface area (Å²) in [4.78, 5) is 53.8. The molecule has 0 unspecified atom stereocenters. The Morgan fingerprint density at radius 2 is 1.82 bits per heavy atom. The summed E-state index contributed by atoms with van der Waals surface area (Å²) in [5, 5.41) is 2.86. The lowest BCUT2D eigenvalue weighted by molar-refractivity contribution is -0.141. The van der Waals surface area contributed by atoms with Gasteiger partial charge in [0.15, 0.2) is 0 Å². The highest BCUT2D eigenvalue weighted by molar-refractivity contribution is 6.09. The number of urea groups is 1. The molecule has 150 valence electrons. The maximum absolute atomic E-state index is 13.3. The summed E-state index contributed by atoms with van der Waals surface area (Å²) < 4.78 is 0. The van der Waals surface area contributed by atoms with Crippen LogP contribution in [0.2, 0.25) is 0 Å². The third-order valence-electron chi connectivity index (χ3n) is 5.49. The van der Waals surface area contributed by atoms with E-state index in [0.29, 0.717) is 6.42 Å². The number of nitrogens with one attached hydrogen (secondary N) is 1. The van der Waals surface area contributed by atoms with Crippen molar-refractivity contribution in [2.24, 2.45) is 0 Å². The lowest BCUT2D eigenvalue weighted by Gasteiger charge is -2.27. The molecule has 1 heterocycles. The van der Waals surface area contributed by atoms with Gasteiger partial charge in [0.1, 0.15) is 12.1 Å². The van der Waals surface area contributed by atoms with Gasteiger partial charge in [0.2, 0.25) is 11.8 Å². The van der Waals surface area contributed by atoms with E-state index in [9.17, 15) is 19.2 Å². The van der Waals surface area contributed by atoms with Crippen molar-refractivity contribution in [3.63, 3.8) is 0 Å². The van der Waals surface area contributed by atoms with Gasteiger partial charge in [0.05, 0.1) is 6.54 Å². The highest BCUT2D eigenvalue weighted by Gasteiger charge is 2.53. The number of carbonyl (C=O) groups excluding carboxylic acids is 4. The second-order valence-corrected chi connectivity index (χ2v) is 7.63. The molecule has 0 aromatic heterocycles. The average molecular weight is 386 g/mol. The molecule has 8 nitrogen and oxygen atoms in total. The monoisotopic (exact) mass is 386 g/mol. The third-order valence-corrected chi connectivity index (χ3v) is 5.49. The zero-order valence-electron chi connectivity index (χ0n) is 16.5. The first-order chi connectivity index (χ1) is 13.3. The van der Waals surface area contributed by atoms with E-state index in [0.717, 1.165) is 35.3 Å². The minimum absolute atomic E-state index is 0.108. The zero-order valence-corrected chi connectivity index (χ0v) is 16.5. The molecule has 1 atom stereocenters. The van der Waals surface area contributed by atoms with Crippen LogP contribution in [-0.4, -0.2) is 72.7 Å². The molecule has 1 N–H and O–H groups in total. The molecule has 1 spiro atoms. The number of fused-ring (bicyclic) bond motifs is 2. The minimum Gasteiger partial charge on any atom is -0.347 e. The molecular formula is C20H26N4O4. The van der Waals surface area contributed by atoms with Gasteiger partial charge in [-0.15, -0.1) is 0 Å². The number of nitrogens with zero attached hydrogens (tertiary/aromatic N) is 3. The van der Waals surface area contributed by atoms with E-state index in [1.165, 1.54) is 16.8 Å². The second kappa shape index (κ2) is 7.61. The Kier molecular flexibility index (Phi) is 5.40. The average Bonchev–Trinajstić information content (AvgIpc) is 2.81. The standard InChI is InChI=1S/C20H26N4O4/c1-22(2)16(25)12-23(3)17(26)13-24-18(27)20(21-19(24)28)11-7-6-9-14-8-4-5-10-15(14)20/h4-5,8,10H,6-7,9,11-13H2,1-3H3,(H,21,28)/t20-/m0/s1. The third kappa shape index (κ3) is 3.46. The van der Waals surface area contributed by atoms with Crippen molar-refractivity contribution < 1.29 is 19.2 Å². The molecular weight excluding hydrogens is 360 g/mol. The fourth-order valence-corrected chi connectivity index (χ4v) is 3.81. The molecule has 1 saturated heterocycles. The lowest BCUT2D eigenvalue weighted by atomic mass is 9.84. The van der Waals surface area contributed by atoms with Gasteiger partial charge in [-0.05, 0) is 36.8 Å². The number of benzene rings is 1. The summed E-state index contributed by atoms with van der Waals surface area (Å²) in [5.41, 5.74) is 0.759. The number of hydrogen-bond acceptors (Lipinski definition) is 4. The van der Waals surface area contributed by atoms with E-state index in [-0.39, 0.29) is 19.0 Å². The molecule has 1 aliphatic heterocycles. The number of imide groups is 1. The fraction of sp³-hybridized carbons (Fsp3) is 0.500. The molecule has 0 saturated carbocycles. The van der Waals surface area contributed by atoms with Crippen LogP contribution < -0.4 is 5.32 Å². The number of amides is 5. The maximum Gasteiger partial charge on any atom is 0.325 e. The first-order valence-electron chi connectivity index (χ1n) is 9.43. The van der Waals surface area contributed by atoms with E-state index in [2.05, 4.69) is 5.32 Å². The first kappa shape index (κ1) is 19.9.